The Labute approximate surface area is 187 Å². The molecule has 168 valence electrons. The van der Waals surface area contributed by atoms with Gasteiger partial charge in [0.2, 0.25) is 5.91 Å². The Hall–Kier alpha value is -4.80. The number of rotatable bonds is 6. The van der Waals surface area contributed by atoms with E-state index in [1.54, 1.807) is 37.3 Å². The molecule has 2 aromatic carbocycles. The van der Waals surface area contributed by atoms with E-state index in [4.69, 9.17) is 4.42 Å². The smallest absolute Gasteiger partial charge is 0.329 e. The van der Waals surface area contributed by atoms with Gasteiger partial charge < -0.3 is 15.1 Å². The molecule has 0 aliphatic carbocycles. The molecule has 3 rings (SSSR count). The monoisotopic (exact) mass is 449 g/mol. The molecule has 3 aromatic rings. The number of aryl methyl sites for hydroxylation is 1. The quantitative estimate of drug-likeness (QED) is 0.227. The molecule has 11 nitrogen and oxygen atoms in total. The van der Waals surface area contributed by atoms with Crippen LogP contribution in [-0.2, 0) is 14.4 Å². The maximum Gasteiger partial charge on any atom is 0.329 e. The molecule has 0 fully saturated rings. The Morgan fingerprint density at radius 1 is 0.970 bits per heavy atom. The van der Waals surface area contributed by atoms with Gasteiger partial charge in [0.15, 0.2) is 0 Å². The summed E-state index contributed by atoms with van der Waals surface area (Å²) in [7, 11) is 0. The lowest BCUT2D eigenvalue weighted by molar-refractivity contribution is -0.384. The van der Waals surface area contributed by atoms with Crippen LogP contribution in [-0.4, -0.2) is 28.9 Å². The maximum absolute atomic E-state index is 12.0. The predicted octanol–water partition coefficient (Wildman–Crippen LogP) is 3.21. The summed E-state index contributed by atoms with van der Waals surface area (Å²) in [4.78, 5) is 45.3. The number of nitrogens with one attached hydrogen (secondary N) is 3. The van der Waals surface area contributed by atoms with Gasteiger partial charge in [-0.25, -0.2) is 5.43 Å². The van der Waals surface area contributed by atoms with Crippen molar-refractivity contribution in [3.05, 3.63) is 76.0 Å². The van der Waals surface area contributed by atoms with Crippen LogP contribution in [0.5, 0.6) is 0 Å². The molecule has 0 radical (unpaired) electrons. The fourth-order valence-electron chi connectivity index (χ4n) is 2.84. The zero-order valence-electron chi connectivity index (χ0n) is 17.6. The molecular weight excluding hydrogens is 430 g/mol. The number of nitro benzene ring substituents is 1. The minimum Gasteiger partial charge on any atom is -0.455 e. The van der Waals surface area contributed by atoms with Gasteiger partial charge in [0.05, 0.1) is 11.1 Å². The van der Waals surface area contributed by atoms with Crippen LogP contribution in [0.1, 0.15) is 18.2 Å². The second-order valence-electron chi connectivity index (χ2n) is 6.87. The number of non-ortho nitro benzene ring substituents is 1. The Balaban J connectivity index is 1.56. The lowest BCUT2D eigenvalue weighted by Gasteiger charge is -2.06. The second-order valence-corrected chi connectivity index (χ2v) is 6.87. The van der Waals surface area contributed by atoms with Crippen molar-refractivity contribution in [2.45, 2.75) is 13.8 Å². The molecule has 0 aliphatic rings. The Bertz CT molecular complexity index is 1250. The van der Waals surface area contributed by atoms with Crippen LogP contribution in [0.25, 0.3) is 11.3 Å². The van der Waals surface area contributed by atoms with Crippen molar-refractivity contribution in [3.63, 3.8) is 0 Å². The summed E-state index contributed by atoms with van der Waals surface area (Å²) in [6.45, 7) is 3.10. The standard InChI is InChI=1S/C22H19N5O6/c1-13-11-17(27(31)32)7-9-19(13)20-10-8-18(33-20)12-23-26-22(30)21(29)25-16-5-3-15(4-6-16)24-14(2)28/h3-12H,1-2H3,(H,24,28)(H,25,29)(H,26,30)/b23-12+. The summed E-state index contributed by atoms with van der Waals surface area (Å²) in [5.41, 5.74) is 4.33. The number of nitro groups is 1. The van der Waals surface area contributed by atoms with Gasteiger partial charge >= 0.3 is 11.8 Å². The van der Waals surface area contributed by atoms with Crippen molar-refractivity contribution in [1.29, 1.82) is 0 Å². The van der Waals surface area contributed by atoms with Crippen LogP contribution in [0.2, 0.25) is 0 Å². The fourth-order valence-corrected chi connectivity index (χ4v) is 2.84. The zero-order chi connectivity index (χ0) is 24.0. The average molecular weight is 449 g/mol. The molecule has 3 amide bonds. The topological polar surface area (TPSA) is 156 Å². The molecule has 1 heterocycles. The normalized spacial score (nSPS) is 10.6. The van der Waals surface area contributed by atoms with Gasteiger partial charge in [0.25, 0.3) is 5.69 Å². The number of hydrazone groups is 1. The average Bonchev–Trinajstić information content (AvgIpc) is 3.23. The molecule has 0 unspecified atom stereocenters. The highest BCUT2D eigenvalue weighted by Gasteiger charge is 2.14. The van der Waals surface area contributed by atoms with Gasteiger partial charge in [-0.2, -0.15) is 5.10 Å². The SMILES string of the molecule is CC(=O)Nc1ccc(NC(=O)C(=O)N/N=C/c2ccc(-c3ccc([N+](=O)[O-])cc3C)o2)cc1. The molecule has 0 aliphatic heterocycles. The van der Waals surface area contributed by atoms with E-state index in [9.17, 15) is 24.5 Å². The summed E-state index contributed by atoms with van der Waals surface area (Å²) in [6.07, 6.45) is 1.22. The number of hydrogen-bond acceptors (Lipinski definition) is 7. The van der Waals surface area contributed by atoms with Crippen LogP contribution in [0.3, 0.4) is 0 Å². The first kappa shape index (κ1) is 22.9. The summed E-state index contributed by atoms with van der Waals surface area (Å²) in [5.74, 6) is -1.38. The Kier molecular flexibility index (Phi) is 6.94. The molecule has 0 saturated carbocycles. The molecule has 0 spiro atoms. The van der Waals surface area contributed by atoms with Gasteiger partial charge in [-0.15, -0.1) is 0 Å². The molecular formula is C22H19N5O6. The molecule has 33 heavy (non-hydrogen) atoms. The summed E-state index contributed by atoms with van der Waals surface area (Å²) in [6, 6.07) is 13.9. The number of amides is 3. The Morgan fingerprint density at radius 2 is 1.64 bits per heavy atom. The number of anilines is 2. The van der Waals surface area contributed by atoms with Gasteiger partial charge in [-0.1, -0.05) is 0 Å². The molecule has 0 bridgehead atoms. The number of hydrogen-bond donors (Lipinski definition) is 3. The molecule has 0 atom stereocenters. The lowest BCUT2D eigenvalue weighted by Crippen LogP contribution is -2.32. The molecule has 11 heteroatoms. The van der Waals surface area contributed by atoms with Crippen molar-refractivity contribution in [1.82, 2.24) is 5.43 Å². The fraction of sp³-hybridized carbons (Fsp3) is 0.0909. The Morgan fingerprint density at radius 3 is 2.24 bits per heavy atom. The highest BCUT2D eigenvalue weighted by atomic mass is 16.6. The first-order chi connectivity index (χ1) is 15.7. The van der Waals surface area contributed by atoms with Crippen LogP contribution in [0, 0.1) is 17.0 Å². The minimum atomic E-state index is -0.991. The zero-order valence-corrected chi connectivity index (χ0v) is 17.6. The highest BCUT2D eigenvalue weighted by molar-refractivity contribution is 6.39. The van der Waals surface area contributed by atoms with E-state index in [1.165, 1.54) is 37.4 Å². The van der Waals surface area contributed by atoms with Crippen LogP contribution in [0.15, 0.2) is 64.1 Å². The highest BCUT2D eigenvalue weighted by Crippen LogP contribution is 2.28. The van der Waals surface area contributed by atoms with Gasteiger partial charge in [0, 0.05) is 36.0 Å². The van der Waals surface area contributed by atoms with Gasteiger partial charge in [-0.3, -0.25) is 24.5 Å². The summed E-state index contributed by atoms with van der Waals surface area (Å²) >= 11 is 0. The van der Waals surface area contributed by atoms with E-state index < -0.39 is 16.7 Å². The summed E-state index contributed by atoms with van der Waals surface area (Å²) in [5, 5.41) is 19.6. The van der Waals surface area contributed by atoms with E-state index >= 15 is 0 Å². The van der Waals surface area contributed by atoms with Crippen LogP contribution < -0.4 is 16.1 Å². The first-order valence-corrected chi connectivity index (χ1v) is 9.60. The number of carbonyl (C=O) groups is 3. The molecule has 3 N–H and O–H groups in total. The number of furan rings is 1. The number of nitrogens with zero attached hydrogens (tertiary/aromatic N) is 2. The van der Waals surface area contributed by atoms with Crippen molar-refractivity contribution >= 4 is 41.0 Å². The van der Waals surface area contributed by atoms with E-state index in [2.05, 4.69) is 21.2 Å². The molecule has 1 aromatic heterocycles. The van der Waals surface area contributed by atoms with E-state index in [1.807, 2.05) is 0 Å². The first-order valence-electron chi connectivity index (χ1n) is 9.60. The van der Waals surface area contributed by atoms with Crippen molar-refractivity contribution in [3.8, 4) is 11.3 Å². The van der Waals surface area contributed by atoms with E-state index in [0.29, 0.717) is 34.0 Å². The minimum absolute atomic E-state index is 0.0192. The molecule has 0 saturated heterocycles. The van der Waals surface area contributed by atoms with Crippen LogP contribution >= 0.6 is 0 Å². The third kappa shape index (κ3) is 6.10. The number of carbonyl (C=O) groups excluding carboxylic acids is 3. The predicted molar refractivity (Wildman–Crippen MR) is 121 cm³/mol. The second kappa shape index (κ2) is 10.0. The van der Waals surface area contributed by atoms with Crippen molar-refractivity contribution in [2.24, 2.45) is 5.10 Å². The largest absolute Gasteiger partial charge is 0.455 e. The van der Waals surface area contributed by atoms with E-state index in [-0.39, 0.29) is 11.6 Å². The van der Waals surface area contributed by atoms with Crippen molar-refractivity contribution < 1.29 is 23.7 Å². The van der Waals surface area contributed by atoms with Crippen LogP contribution in [0.4, 0.5) is 17.1 Å². The van der Waals surface area contributed by atoms with Crippen molar-refractivity contribution in [2.75, 3.05) is 10.6 Å². The summed E-state index contributed by atoms with van der Waals surface area (Å²) < 4.78 is 5.63. The number of benzene rings is 2. The van der Waals surface area contributed by atoms with Gasteiger partial charge in [-0.05, 0) is 55.0 Å². The van der Waals surface area contributed by atoms with Gasteiger partial charge in [0.1, 0.15) is 11.5 Å². The lowest BCUT2D eigenvalue weighted by atomic mass is 10.1. The third-order valence-corrected chi connectivity index (χ3v) is 4.34. The third-order valence-electron chi connectivity index (χ3n) is 4.34. The van der Waals surface area contributed by atoms with E-state index in [0.717, 1.165) is 0 Å². The maximum atomic E-state index is 12.0.